The quantitative estimate of drug-likeness (QED) is 0.298. The van der Waals surface area contributed by atoms with E-state index in [0.29, 0.717) is 0 Å². The van der Waals surface area contributed by atoms with Crippen molar-refractivity contribution >= 4 is 5.97 Å². The van der Waals surface area contributed by atoms with Crippen LogP contribution in [0.15, 0.2) is 78.9 Å². The van der Waals surface area contributed by atoms with Gasteiger partial charge in [0.1, 0.15) is 17.2 Å². The Hall–Kier alpha value is -3.56. The number of benzene rings is 3. The van der Waals surface area contributed by atoms with Crippen molar-refractivity contribution < 1.29 is 32.5 Å². The molecule has 3 aromatic rings. The van der Waals surface area contributed by atoms with Crippen LogP contribution in [-0.4, -0.2) is 55.4 Å². The number of methoxy groups -OCH3 is 1. The van der Waals surface area contributed by atoms with Gasteiger partial charge in [-0.2, -0.15) is 13.2 Å². The lowest BCUT2D eigenvalue weighted by atomic mass is 9.96. The molecule has 3 aromatic carbocycles. The van der Waals surface area contributed by atoms with Gasteiger partial charge in [0.05, 0.1) is 7.11 Å². The molecule has 39 heavy (non-hydrogen) atoms. The second kappa shape index (κ2) is 15.1. The number of halogens is 3. The first-order chi connectivity index (χ1) is 18.7. The van der Waals surface area contributed by atoms with Crippen LogP contribution in [0.5, 0.6) is 17.2 Å². The zero-order valence-electron chi connectivity index (χ0n) is 22.0. The van der Waals surface area contributed by atoms with Crippen LogP contribution in [0, 0.1) is 5.92 Å². The molecule has 1 heterocycles. The fourth-order valence-corrected chi connectivity index (χ4v) is 4.29. The molecule has 0 saturated carbocycles. The highest BCUT2D eigenvalue weighted by Crippen LogP contribution is 2.25. The standard InChI is InChI=1S/C28H34N2O2.C2HF3O2/c1-31-26-13-11-24(12-14-26)22-30-19-16-23(17-20-30)21-29-18-15-25-7-5-6-10-28(25)32-27-8-3-2-4-9-27;3-2(4,5)1(6)7/h2-14,23,29H,15-22H2,1H3;(H,6,7). The van der Waals surface area contributed by atoms with Crippen molar-refractivity contribution in [3.8, 4) is 17.2 Å². The summed E-state index contributed by atoms with van der Waals surface area (Å²) in [5.74, 6) is 0.764. The van der Waals surface area contributed by atoms with Crippen molar-refractivity contribution in [1.29, 1.82) is 0 Å². The number of likely N-dealkylation sites (tertiary alicyclic amines) is 1. The Labute approximate surface area is 227 Å². The molecule has 0 unspecified atom stereocenters. The Morgan fingerprint density at radius 1 is 0.949 bits per heavy atom. The van der Waals surface area contributed by atoms with Crippen molar-refractivity contribution in [2.24, 2.45) is 5.92 Å². The van der Waals surface area contributed by atoms with Gasteiger partial charge in [0, 0.05) is 6.54 Å². The molecule has 0 radical (unpaired) electrons. The smallest absolute Gasteiger partial charge is 0.490 e. The second-order valence-corrected chi connectivity index (χ2v) is 9.35. The van der Waals surface area contributed by atoms with Crippen LogP contribution >= 0.6 is 0 Å². The summed E-state index contributed by atoms with van der Waals surface area (Å²) >= 11 is 0. The van der Waals surface area contributed by atoms with Crippen LogP contribution in [0.3, 0.4) is 0 Å². The summed E-state index contributed by atoms with van der Waals surface area (Å²) in [4.78, 5) is 11.5. The molecule has 1 aliphatic heterocycles. The van der Waals surface area contributed by atoms with Gasteiger partial charge in [0.15, 0.2) is 0 Å². The highest BCUT2D eigenvalue weighted by molar-refractivity contribution is 5.73. The van der Waals surface area contributed by atoms with Gasteiger partial charge in [-0.1, -0.05) is 48.5 Å². The SMILES string of the molecule is COc1ccc(CN2CCC(CNCCc3ccccc3Oc3ccccc3)CC2)cc1.O=C(O)C(F)(F)F. The molecule has 0 spiro atoms. The zero-order valence-corrected chi connectivity index (χ0v) is 22.0. The maximum Gasteiger partial charge on any atom is 0.490 e. The Balaban J connectivity index is 0.000000532. The maximum atomic E-state index is 10.6. The van der Waals surface area contributed by atoms with E-state index in [0.717, 1.165) is 49.2 Å². The molecule has 9 heteroatoms. The van der Waals surface area contributed by atoms with Gasteiger partial charge in [-0.3, -0.25) is 4.90 Å². The number of hydrogen-bond acceptors (Lipinski definition) is 5. The normalized spacial score (nSPS) is 14.3. The molecule has 0 amide bonds. The lowest BCUT2D eigenvalue weighted by molar-refractivity contribution is -0.192. The van der Waals surface area contributed by atoms with Crippen molar-refractivity contribution in [2.75, 3.05) is 33.3 Å². The number of nitrogens with one attached hydrogen (secondary N) is 1. The van der Waals surface area contributed by atoms with E-state index in [9.17, 15) is 13.2 Å². The van der Waals surface area contributed by atoms with E-state index in [1.807, 2.05) is 36.4 Å². The summed E-state index contributed by atoms with van der Waals surface area (Å²) in [7, 11) is 1.71. The third-order valence-corrected chi connectivity index (χ3v) is 6.46. The van der Waals surface area contributed by atoms with E-state index in [-0.39, 0.29) is 0 Å². The summed E-state index contributed by atoms with van der Waals surface area (Å²) in [6.07, 6.45) is -1.59. The van der Waals surface area contributed by atoms with Crippen molar-refractivity contribution in [1.82, 2.24) is 10.2 Å². The molecule has 6 nitrogen and oxygen atoms in total. The average molecular weight is 545 g/mol. The van der Waals surface area contributed by atoms with Gasteiger partial charge in [0.2, 0.25) is 0 Å². The number of alkyl halides is 3. The van der Waals surface area contributed by atoms with Gasteiger partial charge in [-0.15, -0.1) is 0 Å². The number of para-hydroxylation sites is 2. The molecule has 1 saturated heterocycles. The molecule has 0 aliphatic carbocycles. The van der Waals surface area contributed by atoms with Gasteiger partial charge in [-0.05, 0) is 92.8 Å². The lowest BCUT2D eigenvalue weighted by Crippen LogP contribution is -2.37. The molecule has 0 aromatic heterocycles. The van der Waals surface area contributed by atoms with Gasteiger partial charge >= 0.3 is 12.1 Å². The van der Waals surface area contributed by atoms with E-state index in [4.69, 9.17) is 19.4 Å². The molecular formula is C30H35F3N2O4. The molecule has 1 fully saturated rings. The van der Waals surface area contributed by atoms with Gasteiger partial charge in [-0.25, -0.2) is 4.79 Å². The van der Waals surface area contributed by atoms with Gasteiger partial charge < -0.3 is 19.9 Å². The predicted octanol–water partition coefficient (Wildman–Crippen LogP) is 6.17. The topological polar surface area (TPSA) is 71.0 Å². The highest BCUT2D eigenvalue weighted by Gasteiger charge is 2.38. The van der Waals surface area contributed by atoms with Crippen molar-refractivity contribution in [3.63, 3.8) is 0 Å². The average Bonchev–Trinajstić information content (AvgIpc) is 2.94. The Morgan fingerprint density at radius 3 is 2.18 bits per heavy atom. The number of aliphatic carboxylic acids is 1. The molecule has 0 bridgehead atoms. The summed E-state index contributed by atoms with van der Waals surface area (Å²) in [6, 6.07) is 26.8. The summed E-state index contributed by atoms with van der Waals surface area (Å²) < 4.78 is 43.1. The Kier molecular flexibility index (Phi) is 11.6. The fourth-order valence-electron chi connectivity index (χ4n) is 4.29. The van der Waals surface area contributed by atoms with E-state index >= 15 is 0 Å². The third kappa shape index (κ3) is 10.6. The van der Waals surface area contributed by atoms with E-state index in [2.05, 4.69) is 52.7 Å². The first-order valence-electron chi connectivity index (χ1n) is 12.9. The first-order valence-corrected chi connectivity index (χ1v) is 12.9. The van der Waals surface area contributed by atoms with Crippen LogP contribution in [0.25, 0.3) is 0 Å². The number of carboxylic acids is 1. The number of rotatable bonds is 10. The second-order valence-electron chi connectivity index (χ2n) is 9.35. The lowest BCUT2D eigenvalue weighted by Gasteiger charge is -2.32. The monoisotopic (exact) mass is 544 g/mol. The molecule has 210 valence electrons. The van der Waals surface area contributed by atoms with E-state index < -0.39 is 12.1 Å². The van der Waals surface area contributed by atoms with Crippen molar-refractivity contribution in [2.45, 2.75) is 32.0 Å². The first kappa shape index (κ1) is 30.0. The van der Waals surface area contributed by atoms with Crippen LogP contribution in [-0.2, 0) is 17.8 Å². The minimum atomic E-state index is -5.08. The zero-order chi connectivity index (χ0) is 28.1. The number of carboxylic acid groups (broad SMARTS) is 1. The molecular weight excluding hydrogens is 509 g/mol. The molecule has 2 N–H and O–H groups in total. The van der Waals surface area contributed by atoms with Crippen LogP contribution in [0.4, 0.5) is 13.2 Å². The maximum absolute atomic E-state index is 10.6. The number of nitrogens with zero attached hydrogens (tertiary/aromatic N) is 1. The highest BCUT2D eigenvalue weighted by atomic mass is 19.4. The van der Waals surface area contributed by atoms with E-state index in [1.54, 1.807) is 7.11 Å². The molecule has 4 rings (SSSR count). The number of ether oxygens (including phenoxy) is 2. The summed E-state index contributed by atoms with van der Waals surface area (Å²) in [5.41, 5.74) is 2.61. The van der Waals surface area contributed by atoms with Crippen LogP contribution in [0.2, 0.25) is 0 Å². The largest absolute Gasteiger partial charge is 0.497 e. The minimum Gasteiger partial charge on any atom is -0.497 e. The van der Waals surface area contributed by atoms with E-state index in [1.165, 1.54) is 37.1 Å². The van der Waals surface area contributed by atoms with Crippen LogP contribution in [0.1, 0.15) is 24.0 Å². The number of carbonyl (C=O) groups is 1. The number of piperidine rings is 1. The number of hydrogen-bond donors (Lipinski definition) is 2. The fraction of sp³-hybridized carbons (Fsp3) is 0.367. The van der Waals surface area contributed by atoms with Crippen molar-refractivity contribution in [3.05, 3.63) is 90.0 Å². The Morgan fingerprint density at radius 2 is 1.56 bits per heavy atom. The predicted molar refractivity (Wildman–Crippen MR) is 144 cm³/mol. The van der Waals surface area contributed by atoms with Gasteiger partial charge in [0.25, 0.3) is 0 Å². The van der Waals surface area contributed by atoms with Crippen LogP contribution < -0.4 is 14.8 Å². The minimum absolute atomic E-state index is 0.762. The summed E-state index contributed by atoms with van der Waals surface area (Å²) in [6.45, 7) is 5.44. The Bertz CT molecular complexity index is 1130. The molecule has 0 atom stereocenters. The third-order valence-electron chi connectivity index (χ3n) is 6.46. The summed E-state index contributed by atoms with van der Waals surface area (Å²) in [5, 5.41) is 10.8. The molecule has 1 aliphatic rings.